The van der Waals surface area contributed by atoms with Crippen LogP contribution in [0, 0.1) is 5.92 Å². The van der Waals surface area contributed by atoms with Crippen molar-refractivity contribution < 1.29 is 14.3 Å². The number of imidazole rings is 1. The summed E-state index contributed by atoms with van der Waals surface area (Å²) in [7, 11) is 1.68. The van der Waals surface area contributed by atoms with E-state index in [9.17, 15) is 4.79 Å². The zero-order valence-electron chi connectivity index (χ0n) is 17.8. The number of nitrogens with zero attached hydrogens (tertiary/aromatic N) is 4. The Kier molecular flexibility index (Phi) is 7.02. The molecule has 1 aromatic carbocycles. The monoisotopic (exact) mass is 412 g/mol. The fourth-order valence-electron chi connectivity index (χ4n) is 4.46. The smallest absolute Gasteiger partial charge is 0.222 e. The van der Waals surface area contributed by atoms with E-state index in [1.165, 1.54) is 12.8 Å². The number of amides is 1. The largest absolute Gasteiger partial charge is 0.497 e. The number of methoxy groups -OCH3 is 1. The molecular formula is C23H32N4O3. The highest BCUT2D eigenvalue weighted by Gasteiger charge is 2.24. The van der Waals surface area contributed by atoms with E-state index < -0.39 is 0 Å². The van der Waals surface area contributed by atoms with Gasteiger partial charge >= 0.3 is 0 Å². The van der Waals surface area contributed by atoms with Gasteiger partial charge in [0, 0.05) is 44.1 Å². The third-order valence-corrected chi connectivity index (χ3v) is 6.17. The lowest BCUT2D eigenvalue weighted by molar-refractivity contribution is -0.135. The topological polar surface area (TPSA) is 59.8 Å². The highest BCUT2D eigenvalue weighted by atomic mass is 16.5. The van der Waals surface area contributed by atoms with Gasteiger partial charge in [-0.15, -0.1) is 0 Å². The Morgan fingerprint density at radius 1 is 1.20 bits per heavy atom. The number of hydrogen-bond acceptors (Lipinski definition) is 5. The number of carbonyl (C=O) groups is 1. The molecule has 30 heavy (non-hydrogen) atoms. The van der Waals surface area contributed by atoms with Crippen molar-refractivity contribution in [2.75, 3.05) is 46.5 Å². The second-order valence-corrected chi connectivity index (χ2v) is 8.19. The summed E-state index contributed by atoms with van der Waals surface area (Å²) in [6, 6.07) is 8.06. The van der Waals surface area contributed by atoms with Gasteiger partial charge in [-0.05, 0) is 56.0 Å². The molecule has 0 bridgehead atoms. The van der Waals surface area contributed by atoms with Crippen molar-refractivity contribution in [2.24, 2.45) is 5.92 Å². The highest BCUT2D eigenvalue weighted by Crippen LogP contribution is 2.24. The van der Waals surface area contributed by atoms with Gasteiger partial charge in [0.25, 0.3) is 0 Å². The van der Waals surface area contributed by atoms with E-state index in [0.29, 0.717) is 25.6 Å². The summed E-state index contributed by atoms with van der Waals surface area (Å²) in [6.45, 7) is 5.77. The SMILES string of the molecule is COc1ccc(-n2ccnc2CN2CCC[C@@H](CCC(=O)N3CCOCC3)C2)cc1. The highest BCUT2D eigenvalue weighted by molar-refractivity contribution is 5.76. The standard InChI is InChI=1S/C23H32N4O3/c1-29-21-7-5-20(6-8-21)27-12-10-24-22(27)18-25-11-2-3-19(17-25)4-9-23(28)26-13-15-30-16-14-26/h5-8,10,12,19H,2-4,9,11,13-18H2,1H3/t19-/m0/s1. The van der Waals surface area contributed by atoms with Crippen molar-refractivity contribution >= 4 is 5.91 Å². The molecule has 1 amide bonds. The van der Waals surface area contributed by atoms with Crippen molar-refractivity contribution in [3.63, 3.8) is 0 Å². The van der Waals surface area contributed by atoms with Crippen LogP contribution < -0.4 is 4.74 Å². The van der Waals surface area contributed by atoms with Gasteiger partial charge in [-0.25, -0.2) is 4.98 Å². The molecule has 1 aromatic heterocycles. The molecule has 2 aliphatic rings. The summed E-state index contributed by atoms with van der Waals surface area (Å²) in [6.07, 6.45) is 7.89. The lowest BCUT2D eigenvalue weighted by Gasteiger charge is -2.33. The van der Waals surface area contributed by atoms with Crippen LogP contribution in [-0.2, 0) is 16.1 Å². The molecule has 2 saturated heterocycles. The molecule has 4 rings (SSSR count). The first kappa shape index (κ1) is 20.9. The van der Waals surface area contributed by atoms with Crippen molar-refractivity contribution in [3.05, 3.63) is 42.5 Å². The van der Waals surface area contributed by atoms with E-state index in [1.807, 2.05) is 29.4 Å². The molecule has 0 saturated carbocycles. The molecule has 0 unspecified atom stereocenters. The zero-order chi connectivity index (χ0) is 20.8. The maximum atomic E-state index is 12.5. The normalized spacial score (nSPS) is 20.3. The van der Waals surface area contributed by atoms with Gasteiger partial charge in [0.1, 0.15) is 11.6 Å². The minimum atomic E-state index is 0.283. The average molecular weight is 413 g/mol. The maximum absolute atomic E-state index is 12.5. The van der Waals surface area contributed by atoms with Crippen molar-refractivity contribution in [1.29, 1.82) is 0 Å². The minimum Gasteiger partial charge on any atom is -0.497 e. The number of carbonyl (C=O) groups excluding carboxylic acids is 1. The number of rotatable bonds is 7. The summed E-state index contributed by atoms with van der Waals surface area (Å²) in [5, 5.41) is 0. The quantitative estimate of drug-likeness (QED) is 0.700. The number of piperidine rings is 1. The van der Waals surface area contributed by atoms with Gasteiger partial charge in [0.2, 0.25) is 5.91 Å². The Labute approximate surface area is 178 Å². The zero-order valence-corrected chi connectivity index (χ0v) is 17.8. The second-order valence-electron chi connectivity index (χ2n) is 8.19. The first-order valence-electron chi connectivity index (χ1n) is 11.0. The third kappa shape index (κ3) is 5.21. The first-order valence-corrected chi connectivity index (χ1v) is 11.0. The van der Waals surface area contributed by atoms with Crippen LogP contribution in [0.4, 0.5) is 0 Å². The fraction of sp³-hybridized carbons (Fsp3) is 0.565. The van der Waals surface area contributed by atoms with Crippen LogP contribution >= 0.6 is 0 Å². The molecule has 7 nitrogen and oxygen atoms in total. The minimum absolute atomic E-state index is 0.283. The summed E-state index contributed by atoms with van der Waals surface area (Å²) in [4.78, 5) is 21.5. The van der Waals surface area contributed by atoms with E-state index in [2.05, 4.69) is 26.6 Å². The maximum Gasteiger partial charge on any atom is 0.222 e. The number of likely N-dealkylation sites (tertiary alicyclic amines) is 1. The van der Waals surface area contributed by atoms with E-state index in [0.717, 1.165) is 56.4 Å². The average Bonchev–Trinajstić information content (AvgIpc) is 3.26. The van der Waals surface area contributed by atoms with Crippen molar-refractivity contribution in [1.82, 2.24) is 19.4 Å². The predicted molar refractivity (Wildman–Crippen MR) is 115 cm³/mol. The summed E-state index contributed by atoms with van der Waals surface area (Å²) in [5.41, 5.74) is 1.09. The Morgan fingerprint density at radius 3 is 2.77 bits per heavy atom. The molecule has 162 valence electrons. The second kappa shape index (κ2) is 10.1. The Balaban J connectivity index is 1.31. The van der Waals surface area contributed by atoms with Crippen LogP contribution in [0.25, 0.3) is 5.69 Å². The van der Waals surface area contributed by atoms with E-state index in [1.54, 1.807) is 7.11 Å². The number of aromatic nitrogens is 2. The molecule has 1 atom stereocenters. The van der Waals surface area contributed by atoms with Gasteiger partial charge < -0.3 is 18.9 Å². The summed E-state index contributed by atoms with van der Waals surface area (Å²) < 4.78 is 12.8. The first-order chi connectivity index (χ1) is 14.7. The van der Waals surface area contributed by atoms with Crippen LogP contribution in [0.15, 0.2) is 36.7 Å². The molecular weight excluding hydrogens is 380 g/mol. The van der Waals surface area contributed by atoms with Gasteiger partial charge in [-0.3, -0.25) is 9.69 Å². The van der Waals surface area contributed by atoms with Gasteiger partial charge in [0.15, 0.2) is 0 Å². The van der Waals surface area contributed by atoms with E-state index >= 15 is 0 Å². The lowest BCUT2D eigenvalue weighted by Crippen LogP contribution is -2.41. The Hall–Kier alpha value is -2.38. The van der Waals surface area contributed by atoms with E-state index in [-0.39, 0.29) is 5.91 Å². The molecule has 7 heteroatoms. The Morgan fingerprint density at radius 2 is 2.00 bits per heavy atom. The van der Waals surface area contributed by atoms with Crippen molar-refractivity contribution in [3.8, 4) is 11.4 Å². The van der Waals surface area contributed by atoms with Crippen LogP contribution in [0.3, 0.4) is 0 Å². The molecule has 2 aromatic rings. The molecule has 0 N–H and O–H groups in total. The molecule has 3 heterocycles. The number of hydrogen-bond donors (Lipinski definition) is 0. The third-order valence-electron chi connectivity index (χ3n) is 6.17. The lowest BCUT2D eigenvalue weighted by atomic mass is 9.93. The Bertz CT molecular complexity index is 814. The number of benzene rings is 1. The van der Waals surface area contributed by atoms with Gasteiger partial charge in [0.05, 0.1) is 26.9 Å². The number of ether oxygens (including phenoxy) is 2. The predicted octanol–water partition coefficient (Wildman–Crippen LogP) is 2.73. The fourth-order valence-corrected chi connectivity index (χ4v) is 4.46. The van der Waals surface area contributed by atoms with E-state index in [4.69, 9.17) is 9.47 Å². The molecule has 0 aliphatic carbocycles. The molecule has 0 spiro atoms. The van der Waals surface area contributed by atoms with Gasteiger partial charge in [-0.1, -0.05) is 0 Å². The summed E-state index contributed by atoms with van der Waals surface area (Å²) in [5.74, 6) is 2.76. The van der Waals surface area contributed by atoms with Crippen LogP contribution in [-0.4, -0.2) is 71.8 Å². The summed E-state index contributed by atoms with van der Waals surface area (Å²) >= 11 is 0. The van der Waals surface area contributed by atoms with Crippen molar-refractivity contribution in [2.45, 2.75) is 32.2 Å². The van der Waals surface area contributed by atoms with Gasteiger partial charge in [-0.2, -0.15) is 0 Å². The van der Waals surface area contributed by atoms with Crippen LogP contribution in [0.1, 0.15) is 31.5 Å². The molecule has 2 aliphatic heterocycles. The van der Waals surface area contributed by atoms with Crippen LogP contribution in [0.5, 0.6) is 5.75 Å². The molecule has 0 radical (unpaired) electrons. The molecule has 2 fully saturated rings. The number of morpholine rings is 1. The van der Waals surface area contributed by atoms with Crippen LogP contribution in [0.2, 0.25) is 0 Å².